The Kier molecular flexibility index (Phi) is 4.08. The molecular formula is C23H25N5O. The Hall–Kier alpha value is -3.28. The third-order valence-electron chi connectivity index (χ3n) is 6.08. The lowest BCUT2D eigenvalue weighted by Gasteiger charge is -2.11. The van der Waals surface area contributed by atoms with Gasteiger partial charge in [0.25, 0.3) is 0 Å². The Morgan fingerprint density at radius 3 is 2.62 bits per heavy atom. The van der Waals surface area contributed by atoms with E-state index in [1.165, 1.54) is 18.4 Å². The summed E-state index contributed by atoms with van der Waals surface area (Å²) in [4.78, 5) is 20.7. The summed E-state index contributed by atoms with van der Waals surface area (Å²) in [7, 11) is 1.85. The van der Waals surface area contributed by atoms with Crippen LogP contribution < -0.4 is 11.4 Å². The van der Waals surface area contributed by atoms with Crippen molar-refractivity contribution in [3.63, 3.8) is 0 Å². The van der Waals surface area contributed by atoms with E-state index in [1.807, 2.05) is 23.7 Å². The number of nitrogen functional groups attached to an aromatic ring is 1. The van der Waals surface area contributed by atoms with E-state index in [9.17, 15) is 4.79 Å². The zero-order chi connectivity index (χ0) is 20.1. The highest BCUT2D eigenvalue weighted by Crippen LogP contribution is 2.35. The summed E-state index contributed by atoms with van der Waals surface area (Å²) >= 11 is 0. The predicted octanol–water partition coefficient (Wildman–Crippen LogP) is 4.40. The van der Waals surface area contributed by atoms with Crippen LogP contribution in [0.5, 0.6) is 0 Å². The summed E-state index contributed by atoms with van der Waals surface area (Å²) in [5.41, 5.74) is 12.9. The molecule has 5 rings (SSSR count). The second-order valence-corrected chi connectivity index (χ2v) is 8.07. The van der Waals surface area contributed by atoms with E-state index in [-0.39, 0.29) is 5.69 Å². The number of hydrogen-bond donors (Lipinski definition) is 2. The first kappa shape index (κ1) is 17.8. The number of nitrogens with zero attached hydrogens (tertiary/aromatic N) is 3. The number of aromatic nitrogens is 4. The number of imidazole rings is 2. The normalized spacial score (nSPS) is 14.8. The number of aryl methyl sites for hydroxylation is 2. The maximum atomic E-state index is 12.9. The van der Waals surface area contributed by atoms with Crippen LogP contribution in [0.25, 0.3) is 33.5 Å². The number of rotatable bonds is 3. The molecule has 2 aromatic carbocycles. The van der Waals surface area contributed by atoms with Crippen molar-refractivity contribution in [3.8, 4) is 22.5 Å². The van der Waals surface area contributed by atoms with E-state index in [1.54, 1.807) is 4.57 Å². The molecule has 1 aliphatic rings. The van der Waals surface area contributed by atoms with Crippen molar-refractivity contribution in [3.05, 3.63) is 58.5 Å². The molecule has 2 aromatic heterocycles. The van der Waals surface area contributed by atoms with Gasteiger partial charge in [0.05, 0.1) is 22.4 Å². The molecule has 3 N–H and O–H groups in total. The minimum absolute atomic E-state index is 0.0621. The SMILES string of the molecule is Cc1cccc(-c2nc(N)[nH]c2-c2ccc3c(c2)n(C)c(=O)n3C2CCCC2)c1. The lowest BCUT2D eigenvalue weighted by molar-refractivity contribution is 0.509. The summed E-state index contributed by atoms with van der Waals surface area (Å²) in [6.07, 6.45) is 4.54. The van der Waals surface area contributed by atoms with Gasteiger partial charge in [-0.15, -0.1) is 0 Å². The van der Waals surface area contributed by atoms with Crippen molar-refractivity contribution in [2.75, 3.05) is 5.73 Å². The molecule has 0 radical (unpaired) electrons. The van der Waals surface area contributed by atoms with Gasteiger partial charge in [-0.2, -0.15) is 0 Å². The first-order valence-corrected chi connectivity index (χ1v) is 10.2. The smallest absolute Gasteiger partial charge is 0.329 e. The van der Waals surface area contributed by atoms with Gasteiger partial charge in [-0.25, -0.2) is 9.78 Å². The van der Waals surface area contributed by atoms with Crippen molar-refractivity contribution in [2.45, 2.75) is 38.6 Å². The van der Waals surface area contributed by atoms with Crippen molar-refractivity contribution < 1.29 is 0 Å². The molecule has 29 heavy (non-hydrogen) atoms. The molecule has 6 heteroatoms. The van der Waals surface area contributed by atoms with Gasteiger partial charge in [0.2, 0.25) is 0 Å². The highest BCUT2D eigenvalue weighted by Gasteiger charge is 2.23. The predicted molar refractivity (Wildman–Crippen MR) is 117 cm³/mol. The van der Waals surface area contributed by atoms with Gasteiger partial charge >= 0.3 is 5.69 Å². The first-order chi connectivity index (χ1) is 14.0. The van der Waals surface area contributed by atoms with Gasteiger partial charge in [-0.1, -0.05) is 42.7 Å². The van der Waals surface area contributed by atoms with Crippen LogP contribution in [0.1, 0.15) is 37.3 Å². The minimum atomic E-state index is 0.0621. The highest BCUT2D eigenvalue weighted by molar-refractivity contribution is 5.87. The Bertz CT molecular complexity index is 1270. The third kappa shape index (κ3) is 2.87. The third-order valence-corrected chi connectivity index (χ3v) is 6.08. The summed E-state index contributed by atoms with van der Waals surface area (Å²) in [5, 5.41) is 0. The average Bonchev–Trinajstić information content (AvgIpc) is 3.42. The maximum Gasteiger partial charge on any atom is 0.329 e. The molecule has 2 heterocycles. The monoisotopic (exact) mass is 387 g/mol. The molecule has 0 bridgehead atoms. The van der Waals surface area contributed by atoms with Gasteiger partial charge in [-0.3, -0.25) is 9.13 Å². The number of anilines is 1. The van der Waals surface area contributed by atoms with Crippen LogP contribution in [0.2, 0.25) is 0 Å². The Morgan fingerprint density at radius 1 is 1.07 bits per heavy atom. The van der Waals surface area contributed by atoms with Crippen LogP contribution >= 0.6 is 0 Å². The fourth-order valence-corrected chi connectivity index (χ4v) is 4.64. The standard InChI is InChI=1S/C23H25N5O/c1-14-6-5-7-15(12-14)20-21(26-22(24)25-20)16-10-11-18-19(13-16)27(2)23(29)28(18)17-8-3-4-9-17/h5-7,10-13,17H,3-4,8-9H2,1-2H3,(H3,24,25,26). The van der Waals surface area contributed by atoms with E-state index in [4.69, 9.17) is 5.73 Å². The van der Waals surface area contributed by atoms with E-state index in [0.717, 1.165) is 46.4 Å². The van der Waals surface area contributed by atoms with Crippen LogP contribution in [0.4, 0.5) is 5.95 Å². The molecule has 0 amide bonds. The van der Waals surface area contributed by atoms with E-state index in [2.05, 4.69) is 47.2 Å². The van der Waals surface area contributed by atoms with Crippen molar-refractivity contribution in [1.29, 1.82) is 0 Å². The number of nitrogens with one attached hydrogen (secondary N) is 1. The second-order valence-electron chi connectivity index (χ2n) is 8.07. The van der Waals surface area contributed by atoms with Gasteiger partial charge in [0.15, 0.2) is 5.95 Å². The minimum Gasteiger partial charge on any atom is -0.369 e. The zero-order valence-electron chi connectivity index (χ0n) is 16.8. The molecular weight excluding hydrogens is 362 g/mol. The molecule has 148 valence electrons. The maximum absolute atomic E-state index is 12.9. The number of H-pyrrole nitrogens is 1. The molecule has 0 atom stereocenters. The Balaban J connectivity index is 1.68. The second kappa shape index (κ2) is 6.65. The number of fused-ring (bicyclic) bond motifs is 1. The lowest BCUT2D eigenvalue weighted by Crippen LogP contribution is -2.24. The molecule has 0 unspecified atom stereocenters. The van der Waals surface area contributed by atoms with Crippen LogP contribution in [-0.2, 0) is 7.05 Å². The van der Waals surface area contributed by atoms with Gasteiger partial charge in [0.1, 0.15) is 0 Å². The van der Waals surface area contributed by atoms with Crippen LogP contribution in [-0.4, -0.2) is 19.1 Å². The quantitative estimate of drug-likeness (QED) is 0.546. The number of benzene rings is 2. The number of aromatic amines is 1. The fourth-order valence-electron chi connectivity index (χ4n) is 4.64. The Morgan fingerprint density at radius 2 is 1.86 bits per heavy atom. The van der Waals surface area contributed by atoms with Gasteiger partial charge in [0, 0.05) is 24.2 Å². The summed E-state index contributed by atoms with van der Waals surface area (Å²) in [6.45, 7) is 2.06. The number of nitrogens with two attached hydrogens (primary N) is 1. The fraction of sp³-hybridized carbons (Fsp3) is 0.304. The van der Waals surface area contributed by atoms with Crippen molar-refractivity contribution in [2.24, 2.45) is 7.05 Å². The van der Waals surface area contributed by atoms with Crippen molar-refractivity contribution >= 4 is 17.0 Å². The molecule has 4 aromatic rings. The molecule has 0 aliphatic heterocycles. The van der Waals surface area contributed by atoms with Crippen LogP contribution in [0, 0.1) is 6.92 Å². The largest absolute Gasteiger partial charge is 0.369 e. The first-order valence-electron chi connectivity index (χ1n) is 10.2. The lowest BCUT2D eigenvalue weighted by atomic mass is 10.0. The molecule has 1 saturated carbocycles. The average molecular weight is 387 g/mol. The van der Waals surface area contributed by atoms with Crippen LogP contribution in [0.15, 0.2) is 47.3 Å². The summed E-state index contributed by atoms with van der Waals surface area (Å²) in [5.74, 6) is 0.383. The summed E-state index contributed by atoms with van der Waals surface area (Å²) in [6, 6.07) is 14.7. The van der Waals surface area contributed by atoms with Crippen LogP contribution in [0.3, 0.4) is 0 Å². The molecule has 1 fully saturated rings. The number of hydrogen-bond acceptors (Lipinski definition) is 3. The van der Waals surface area contributed by atoms with Crippen molar-refractivity contribution in [1.82, 2.24) is 19.1 Å². The topological polar surface area (TPSA) is 81.6 Å². The Labute approximate surface area is 169 Å². The molecule has 0 spiro atoms. The molecule has 6 nitrogen and oxygen atoms in total. The molecule has 0 saturated heterocycles. The zero-order valence-corrected chi connectivity index (χ0v) is 16.8. The van der Waals surface area contributed by atoms with Gasteiger partial charge in [-0.05, 0) is 38.0 Å². The molecule has 1 aliphatic carbocycles. The van der Waals surface area contributed by atoms with E-state index < -0.39 is 0 Å². The summed E-state index contributed by atoms with van der Waals surface area (Å²) < 4.78 is 3.73. The van der Waals surface area contributed by atoms with E-state index >= 15 is 0 Å². The highest BCUT2D eigenvalue weighted by atomic mass is 16.1. The van der Waals surface area contributed by atoms with E-state index in [0.29, 0.717) is 12.0 Å². The van der Waals surface area contributed by atoms with Gasteiger partial charge < -0.3 is 10.7 Å².